The van der Waals surface area contributed by atoms with Gasteiger partial charge in [-0.3, -0.25) is 4.79 Å². The summed E-state index contributed by atoms with van der Waals surface area (Å²) in [4.78, 5) is 12.6. The summed E-state index contributed by atoms with van der Waals surface area (Å²) in [5.74, 6) is -0.744. The number of halogens is 6. The third-order valence-electron chi connectivity index (χ3n) is 5.06. The Morgan fingerprint density at radius 1 is 0.917 bits per heavy atom. The first-order valence-corrected chi connectivity index (χ1v) is 10.1. The minimum Gasteiger partial charge on any atom is -0.355 e. The maximum Gasteiger partial charge on any atom is 0.416 e. The Hall–Kier alpha value is -4.59. The summed E-state index contributed by atoms with van der Waals surface area (Å²) in [6.07, 6.45) is -9.02. The average molecular weight is 501 g/mol. The molecule has 0 aliphatic carbocycles. The van der Waals surface area contributed by atoms with Gasteiger partial charge in [0.2, 0.25) is 0 Å². The van der Waals surface area contributed by atoms with Crippen molar-refractivity contribution in [3.05, 3.63) is 89.0 Å². The second kappa shape index (κ2) is 9.22. The zero-order valence-electron chi connectivity index (χ0n) is 17.9. The molecule has 0 atom stereocenters. The van der Waals surface area contributed by atoms with Gasteiger partial charge in [0.15, 0.2) is 5.76 Å². The van der Waals surface area contributed by atoms with E-state index in [1.807, 2.05) is 11.4 Å². The lowest BCUT2D eigenvalue weighted by atomic mass is 10.0. The van der Waals surface area contributed by atoms with Crippen LogP contribution in [0.5, 0.6) is 0 Å². The topological polar surface area (TPSA) is 78.9 Å². The number of carbonyl (C=O) groups excluding carboxylic acids is 1. The van der Waals surface area contributed by atoms with Gasteiger partial charge in [0.25, 0.3) is 5.91 Å². The molecule has 1 amide bonds. The van der Waals surface area contributed by atoms with Crippen molar-refractivity contribution in [2.45, 2.75) is 12.4 Å². The van der Waals surface area contributed by atoms with Gasteiger partial charge in [0, 0.05) is 11.3 Å². The first-order chi connectivity index (χ1) is 17.0. The predicted molar refractivity (Wildman–Crippen MR) is 118 cm³/mol. The molecular weight excluding hydrogens is 488 g/mol. The monoisotopic (exact) mass is 501 g/mol. The Morgan fingerprint density at radius 3 is 2.14 bits per heavy atom. The standard InChI is InChI=1S/C25H13F6N3O2/c26-24(27,28)17-10-18(25(29,30)31)12-19(11-17)33-23(35)16(13-32)8-14-6-7-21-20(9-14)22(36-34-21)15-4-2-1-3-5-15/h1-12H,(H,33,35)/b16-8+. The van der Waals surface area contributed by atoms with Crippen molar-refractivity contribution < 1.29 is 35.7 Å². The fourth-order valence-electron chi connectivity index (χ4n) is 3.39. The molecule has 0 unspecified atom stereocenters. The number of benzene rings is 3. The van der Waals surface area contributed by atoms with E-state index in [-0.39, 0.29) is 6.07 Å². The highest BCUT2D eigenvalue weighted by Gasteiger charge is 2.37. The number of rotatable bonds is 4. The van der Waals surface area contributed by atoms with Crippen molar-refractivity contribution in [3.63, 3.8) is 0 Å². The van der Waals surface area contributed by atoms with Crippen molar-refractivity contribution in [2.75, 3.05) is 5.32 Å². The summed E-state index contributed by atoms with van der Waals surface area (Å²) >= 11 is 0. The third kappa shape index (κ3) is 5.22. The van der Waals surface area contributed by atoms with E-state index < -0.39 is 40.6 Å². The first kappa shape index (κ1) is 24.5. The number of hydrogen-bond acceptors (Lipinski definition) is 4. The Labute approximate surface area is 199 Å². The number of hydrogen-bond donors (Lipinski definition) is 1. The van der Waals surface area contributed by atoms with Gasteiger partial charge in [-0.25, -0.2) is 0 Å². The van der Waals surface area contributed by atoms with E-state index in [1.165, 1.54) is 6.07 Å². The highest BCUT2D eigenvalue weighted by molar-refractivity contribution is 6.10. The quantitative estimate of drug-likeness (QED) is 0.184. The van der Waals surface area contributed by atoms with Crippen LogP contribution in [0.4, 0.5) is 32.0 Å². The lowest BCUT2D eigenvalue weighted by molar-refractivity contribution is -0.143. The van der Waals surface area contributed by atoms with Crippen LogP contribution >= 0.6 is 0 Å². The fourth-order valence-corrected chi connectivity index (χ4v) is 3.39. The maximum atomic E-state index is 13.1. The van der Waals surface area contributed by atoms with E-state index in [9.17, 15) is 36.4 Å². The molecule has 36 heavy (non-hydrogen) atoms. The van der Waals surface area contributed by atoms with E-state index in [0.717, 1.165) is 11.6 Å². The Morgan fingerprint density at radius 2 is 1.56 bits per heavy atom. The minimum absolute atomic E-state index is 0.0603. The summed E-state index contributed by atoms with van der Waals surface area (Å²) in [7, 11) is 0. The molecule has 0 radical (unpaired) electrons. The number of nitrogens with one attached hydrogen (secondary N) is 1. The van der Waals surface area contributed by atoms with Crippen LogP contribution < -0.4 is 5.32 Å². The lowest BCUT2D eigenvalue weighted by Gasteiger charge is -2.14. The van der Waals surface area contributed by atoms with E-state index in [0.29, 0.717) is 34.4 Å². The van der Waals surface area contributed by atoms with Crippen molar-refractivity contribution in [1.82, 2.24) is 5.16 Å². The van der Waals surface area contributed by atoms with Crippen LogP contribution in [0.1, 0.15) is 16.7 Å². The van der Waals surface area contributed by atoms with Gasteiger partial charge in [-0.05, 0) is 42.0 Å². The summed E-state index contributed by atoms with van der Waals surface area (Å²) in [5.41, 5.74) is -2.92. The zero-order valence-corrected chi connectivity index (χ0v) is 17.9. The van der Waals surface area contributed by atoms with E-state index in [4.69, 9.17) is 4.52 Å². The van der Waals surface area contributed by atoms with Crippen LogP contribution in [0.25, 0.3) is 28.3 Å². The Bertz CT molecular complexity index is 1480. The molecule has 3 aromatic carbocycles. The van der Waals surface area contributed by atoms with Crippen molar-refractivity contribution >= 4 is 28.6 Å². The maximum absolute atomic E-state index is 13.1. The van der Waals surface area contributed by atoms with Gasteiger partial charge >= 0.3 is 12.4 Å². The molecule has 11 heteroatoms. The van der Waals surface area contributed by atoms with Gasteiger partial charge in [0.05, 0.1) is 16.5 Å². The number of carbonyl (C=O) groups is 1. The van der Waals surface area contributed by atoms with Crippen LogP contribution in [0, 0.1) is 11.3 Å². The highest BCUT2D eigenvalue weighted by atomic mass is 19.4. The van der Waals surface area contributed by atoms with Gasteiger partial charge in [-0.1, -0.05) is 41.6 Å². The molecule has 0 saturated heterocycles. The molecule has 1 aromatic heterocycles. The molecule has 0 bridgehead atoms. The second-order valence-corrected chi connectivity index (χ2v) is 7.57. The summed E-state index contributed by atoms with van der Waals surface area (Å²) in [6, 6.07) is 15.9. The van der Waals surface area contributed by atoms with Crippen LogP contribution in [-0.4, -0.2) is 11.1 Å². The molecule has 0 aliphatic rings. The molecule has 5 nitrogen and oxygen atoms in total. The largest absolute Gasteiger partial charge is 0.416 e. The van der Waals surface area contributed by atoms with Crippen LogP contribution in [-0.2, 0) is 17.1 Å². The molecule has 1 N–H and O–H groups in total. The number of nitriles is 1. The van der Waals surface area contributed by atoms with Gasteiger partial charge in [-0.2, -0.15) is 31.6 Å². The number of nitrogens with zero attached hydrogens (tertiary/aromatic N) is 2. The average Bonchev–Trinajstić information content (AvgIpc) is 3.25. The normalized spacial score (nSPS) is 12.4. The molecule has 0 saturated carbocycles. The van der Waals surface area contributed by atoms with Crippen molar-refractivity contribution in [1.29, 1.82) is 5.26 Å². The van der Waals surface area contributed by atoms with E-state index in [2.05, 4.69) is 5.16 Å². The molecule has 4 aromatic rings. The van der Waals surface area contributed by atoms with E-state index in [1.54, 1.807) is 42.5 Å². The van der Waals surface area contributed by atoms with Gasteiger partial charge in [-0.15, -0.1) is 0 Å². The molecule has 0 aliphatic heterocycles. The van der Waals surface area contributed by atoms with Crippen LogP contribution in [0.2, 0.25) is 0 Å². The fraction of sp³-hybridized carbons (Fsp3) is 0.0800. The second-order valence-electron chi connectivity index (χ2n) is 7.57. The number of aromatic nitrogens is 1. The summed E-state index contributed by atoms with van der Waals surface area (Å²) < 4.78 is 83.9. The minimum atomic E-state index is -5.08. The third-order valence-corrected chi connectivity index (χ3v) is 5.06. The van der Waals surface area contributed by atoms with E-state index >= 15 is 0 Å². The molecular formula is C25H13F6N3O2. The Balaban J connectivity index is 1.67. The predicted octanol–water partition coefficient (Wildman–Crippen LogP) is 7.08. The first-order valence-electron chi connectivity index (χ1n) is 10.1. The SMILES string of the molecule is N#C/C(=C\c1ccc2noc(-c3ccccc3)c2c1)C(=O)Nc1cc(C(F)(F)F)cc(C(F)(F)F)c1. The molecule has 1 heterocycles. The number of alkyl halides is 6. The number of anilines is 1. The van der Waals surface area contributed by atoms with Gasteiger partial charge < -0.3 is 9.84 Å². The van der Waals surface area contributed by atoms with Gasteiger partial charge in [0.1, 0.15) is 17.2 Å². The highest BCUT2D eigenvalue weighted by Crippen LogP contribution is 2.37. The van der Waals surface area contributed by atoms with Crippen molar-refractivity contribution in [2.24, 2.45) is 0 Å². The number of fused-ring (bicyclic) bond motifs is 1. The van der Waals surface area contributed by atoms with Crippen LogP contribution in [0.15, 0.2) is 76.8 Å². The summed E-state index contributed by atoms with van der Waals surface area (Å²) in [6.45, 7) is 0. The zero-order chi connectivity index (χ0) is 26.1. The number of amides is 1. The van der Waals surface area contributed by atoms with Crippen LogP contribution in [0.3, 0.4) is 0 Å². The van der Waals surface area contributed by atoms with Crippen molar-refractivity contribution in [3.8, 4) is 17.4 Å². The molecule has 0 fully saturated rings. The molecule has 4 rings (SSSR count). The molecule has 0 spiro atoms. The Kier molecular flexibility index (Phi) is 6.28. The molecule has 182 valence electrons. The smallest absolute Gasteiger partial charge is 0.355 e. The lowest BCUT2D eigenvalue weighted by Crippen LogP contribution is -2.16. The summed E-state index contributed by atoms with van der Waals surface area (Å²) in [5, 5.41) is 15.9.